The molecule has 0 bridgehead atoms. The zero-order valence-corrected chi connectivity index (χ0v) is 11.5. The first-order chi connectivity index (χ1) is 7.94. The van der Waals surface area contributed by atoms with Crippen LogP contribution in [0.25, 0.3) is 0 Å². The van der Waals surface area contributed by atoms with E-state index in [1.165, 1.54) is 0 Å². The lowest BCUT2D eigenvalue weighted by Crippen LogP contribution is -2.37. The quantitative estimate of drug-likeness (QED) is 0.844. The molecule has 1 aromatic rings. The lowest BCUT2D eigenvalue weighted by molar-refractivity contribution is 0.455. The number of benzene rings is 1. The third-order valence-corrected chi connectivity index (χ3v) is 4.48. The standard InChI is InChI=1S/C13H21NO2S/c1-11(2)13(14-3)10-17(15,16)9-12-7-5-4-6-8-12/h4-8,11,13-14H,9-10H2,1-3H3. The third kappa shape index (κ3) is 4.88. The summed E-state index contributed by atoms with van der Waals surface area (Å²) >= 11 is 0. The maximum atomic E-state index is 12.0. The molecule has 0 aliphatic carbocycles. The van der Waals surface area contributed by atoms with E-state index in [1.54, 1.807) is 0 Å². The zero-order chi connectivity index (χ0) is 12.9. The minimum Gasteiger partial charge on any atom is -0.316 e. The Hall–Kier alpha value is -0.870. The average molecular weight is 255 g/mol. The summed E-state index contributed by atoms with van der Waals surface area (Å²) in [7, 11) is -1.25. The van der Waals surface area contributed by atoms with Gasteiger partial charge in [-0.05, 0) is 18.5 Å². The first-order valence-corrected chi connectivity index (χ1v) is 7.68. The number of hydrogen-bond donors (Lipinski definition) is 1. The van der Waals surface area contributed by atoms with Crippen molar-refractivity contribution in [3.8, 4) is 0 Å². The van der Waals surface area contributed by atoms with Gasteiger partial charge in [0.1, 0.15) is 0 Å². The van der Waals surface area contributed by atoms with Crippen LogP contribution in [0, 0.1) is 5.92 Å². The molecule has 0 saturated heterocycles. The van der Waals surface area contributed by atoms with Crippen LogP contribution in [0.2, 0.25) is 0 Å². The molecule has 0 saturated carbocycles. The lowest BCUT2D eigenvalue weighted by atomic mass is 10.1. The maximum Gasteiger partial charge on any atom is 0.155 e. The molecule has 0 fully saturated rings. The normalized spacial score (nSPS) is 13.9. The number of rotatable bonds is 6. The second kappa shape index (κ2) is 6.17. The van der Waals surface area contributed by atoms with Crippen molar-refractivity contribution >= 4 is 9.84 Å². The van der Waals surface area contributed by atoms with Gasteiger partial charge in [-0.1, -0.05) is 44.2 Å². The van der Waals surface area contributed by atoms with E-state index in [-0.39, 0.29) is 17.5 Å². The Kier molecular flexibility index (Phi) is 5.15. The fourth-order valence-corrected chi connectivity index (χ4v) is 3.69. The molecule has 0 amide bonds. The molecule has 0 aliphatic rings. The van der Waals surface area contributed by atoms with E-state index >= 15 is 0 Å². The monoisotopic (exact) mass is 255 g/mol. The van der Waals surface area contributed by atoms with Crippen molar-refractivity contribution in [3.05, 3.63) is 35.9 Å². The van der Waals surface area contributed by atoms with Crippen LogP contribution in [0.3, 0.4) is 0 Å². The molecule has 1 rings (SSSR count). The summed E-state index contributed by atoms with van der Waals surface area (Å²) < 4.78 is 24.1. The summed E-state index contributed by atoms with van der Waals surface area (Å²) in [6, 6.07) is 9.33. The van der Waals surface area contributed by atoms with Gasteiger partial charge in [-0.3, -0.25) is 0 Å². The Labute approximate surface area is 104 Å². The molecule has 17 heavy (non-hydrogen) atoms. The van der Waals surface area contributed by atoms with Crippen molar-refractivity contribution in [2.45, 2.75) is 25.6 Å². The zero-order valence-electron chi connectivity index (χ0n) is 10.7. The van der Waals surface area contributed by atoms with Crippen LogP contribution in [0.5, 0.6) is 0 Å². The van der Waals surface area contributed by atoms with Crippen molar-refractivity contribution in [1.29, 1.82) is 0 Å². The van der Waals surface area contributed by atoms with E-state index in [9.17, 15) is 8.42 Å². The molecule has 0 spiro atoms. The molecule has 0 aromatic heterocycles. The molecule has 0 radical (unpaired) electrons. The minimum absolute atomic E-state index is 0.0173. The van der Waals surface area contributed by atoms with E-state index in [4.69, 9.17) is 0 Å². The van der Waals surface area contributed by atoms with Crippen LogP contribution < -0.4 is 5.32 Å². The Bertz CT molecular complexity index is 426. The van der Waals surface area contributed by atoms with Crippen LogP contribution in [0.4, 0.5) is 0 Å². The molecule has 0 heterocycles. The summed E-state index contributed by atoms with van der Waals surface area (Å²) in [4.78, 5) is 0. The van der Waals surface area contributed by atoms with Crippen LogP contribution >= 0.6 is 0 Å². The highest BCUT2D eigenvalue weighted by atomic mass is 32.2. The van der Waals surface area contributed by atoms with E-state index < -0.39 is 9.84 Å². The summed E-state index contributed by atoms with van der Waals surface area (Å²) in [5, 5.41) is 3.06. The topological polar surface area (TPSA) is 46.2 Å². The third-order valence-electron chi connectivity index (χ3n) is 2.84. The molecule has 0 aliphatic heterocycles. The number of hydrogen-bond acceptors (Lipinski definition) is 3. The van der Waals surface area contributed by atoms with Crippen molar-refractivity contribution in [1.82, 2.24) is 5.32 Å². The van der Waals surface area contributed by atoms with Gasteiger partial charge in [0.2, 0.25) is 0 Å². The summed E-state index contributed by atoms with van der Waals surface area (Å²) in [6.07, 6.45) is 0. The second-order valence-corrected chi connectivity index (χ2v) is 6.79. The van der Waals surface area contributed by atoms with Gasteiger partial charge < -0.3 is 5.32 Å². The summed E-state index contributed by atoms with van der Waals surface area (Å²) in [6.45, 7) is 4.05. The Morgan fingerprint density at radius 1 is 1.18 bits per heavy atom. The van der Waals surface area contributed by atoms with Crippen molar-refractivity contribution in [3.63, 3.8) is 0 Å². The van der Waals surface area contributed by atoms with E-state index in [0.29, 0.717) is 5.92 Å². The van der Waals surface area contributed by atoms with Crippen molar-refractivity contribution in [2.24, 2.45) is 5.92 Å². The molecule has 3 nitrogen and oxygen atoms in total. The van der Waals surface area contributed by atoms with Gasteiger partial charge >= 0.3 is 0 Å². The fraction of sp³-hybridized carbons (Fsp3) is 0.538. The molecule has 1 atom stereocenters. The highest BCUT2D eigenvalue weighted by molar-refractivity contribution is 7.90. The largest absolute Gasteiger partial charge is 0.316 e. The molecule has 1 aromatic carbocycles. The average Bonchev–Trinajstić information content (AvgIpc) is 2.26. The van der Waals surface area contributed by atoms with Gasteiger partial charge in [0.15, 0.2) is 9.84 Å². The van der Waals surface area contributed by atoms with E-state index in [2.05, 4.69) is 5.32 Å². The van der Waals surface area contributed by atoms with E-state index in [1.807, 2.05) is 51.2 Å². The van der Waals surface area contributed by atoms with Gasteiger partial charge in [-0.25, -0.2) is 8.42 Å². The second-order valence-electron chi connectivity index (χ2n) is 4.68. The maximum absolute atomic E-state index is 12.0. The highest BCUT2D eigenvalue weighted by Gasteiger charge is 2.20. The van der Waals surface area contributed by atoms with Crippen molar-refractivity contribution < 1.29 is 8.42 Å². The lowest BCUT2D eigenvalue weighted by Gasteiger charge is -2.19. The Balaban J connectivity index is 2.70. The Morgan fingerprint density at radius 3 is 2.24 bits per heavy atom. The Morgan fingerprint density at radius 2 is 1.76 bits per heavy atom. The fourth-order valence-electron chi connectivity index (χ4n) is 1.77. The number of nitrogens with one attached hydrogen (secondary N) is 1. The van der Waals surface area contributed by atoms with E-state index in [0.717, 1.165) is 5.56 Å². The van der Waals surface area contributed by atoms with Crippen LogP contribution in [0.15, 0.2) is 30.3 Å². The predicted molar refractivity (Wildman–Crippen MR) is 71.6 cm³/mol. The van der Waals surface area contributed by atoms with Crippen LogP contribution in [-0.2, 0) is 15.6 Å². The molecule has 96 valence electrons. The van der Waals surface area contributed by atoms with Gasteiger partial charge in [-0.15, -0.1) is 0 Å². The highest BCUT2D eigenvalue weighted by Crippen LogP contribution is 2.10. The molecular formula is C13H21NO2S. The van der Waals surface area contributed by atoms with Gasteiger partial charge in [-0.2, -0.15) is 0 Å². The molecule has 4 heteroatoms. The molecule has 1 unspecified atom stereocenters. The molecular weight excluding hydrogens is 234 g/mol. The van der Waals surface area contributed by atoms with Gasteiger partial charge in [0, 0.05) is 6.04 Å². The first kappa shape index (κ1) is 14.2. The number of sulfone groups is 1. The molecule has 1 N–H and O–H groups in total. The first-order valence-electron chi connectivity index (χ1n) is 5.86. The van der Waals surface area contributed by atoms with Gasteiger partial charge in [0.25, 0.3) is 0 Å². The summed E-state index contributed by atoms with van der Waals surface area (Å²) in [5.41, 5.74) is 0.853. The van der Waals surface area contributed by atoms with Crippen LogP contribution in [-0.4, -0.2) is 27.3 Å². The summed E-state index contributed by atoms with van der Waals surface area (Å²) in [5.74, 6) is 0.625. The SMILES string of the molecule is CNC(CS(=O)(=O)Cc1ccccc1)C(C)C. The smallest absolute Gasteiger partial charge is 0.155 e. The van der Waals surface area contributed by atoms with Crippen LogP contribution in [0.1, 0.15) is 19.4 Å². The predicted octanol–water partition coefficient (Wildman–Crippen LogP) is 1.85. The van der Waals surface area contributed by atoms with Crippen molar-refractivity contribution in [2.75, 3.05) is 12.8 Å². The minimum atomic E-state index is -3.05. The van der Waals surface area contributed by atoms with Gasteiger partial charge in [0.05, 0.1) is 11.5 Å².